The van der Waals surface area contributed by atoms with E-state index in [4.69, 9.17) is 15.3 Å². The topological polar surface area (TPSA) is 96.2 Å². The Morgan fingerprint density at radius 3 is 1.29 bits per heavy atom. The molecule has 42 valence electrons. The molecule has 0 fully saturated rings. The van der Waals surface area contributed by atoms with E-state index in [0.29, 0.717) is 0 Å². The summed E-state index contributed by atoms with van der Waals surface area (Å²) in [5, 5.41) is 14.8. The smallest absolute Gasteiger partial charge is 0.870 e. The van der Waals surface area contributed by atoms with Crippen LogP contribution in [0.2, 0.25) is 0 Å². The molecule has 0 aliphatic heterocycles. The summed E-state index contributed by atoms with van der Waals surface area (Å²) in [7, 11) is 0. The molecule has 0 aromatic heterocycles. The maximum Gasteiger partial charge on any atom is 1.00 e. The van der Waals surface area contributed by atoms with Crippen LogP contribution in [0.15, 0.2) is 0 Å². The molecule has 0 saturated carbocycles. The Kier molecular flexibility index (Phi) is 52.7. The molecule has 0 amide bonds. The Bertz CT molecular complexity index is 34.7. The van der Waals surface area contributed by atoms with Crippen molar-refractivity contribution in [1.82, 2.24) is 0 Å². The molecule has 0 aromatic carbocycles. The van der Waals surface area contributed by atoms with Gasteiger partial charge in [0, 0.05) is 0 Å². The molecule has 0 bridgehead atoms. The van der Waals surface area contributed by atoms with Gasteiger partial charge in [-0.1, -0.05) is 0 Å². The predicted molar refractivity (Wildman–Crippen MR) is 12.3 cm³/mol. The fraction of sp³-hybridized carbons (Fsp3) is 0. The number of rotatable bonds is 0. The Morgan fingerprint density at radius 2 is 1.29 bits per heavy atom. The first-order chi connectivity index (χ1) is 1.73. The van der Waals surface area contributed by atoms with Gasteiger partial charge in [-0.05, 0) is 0 Å². The maximum absolute atomic E-state index is 8.25. The van der Waals surface area contributed by atoms with E-state index in [1.165, 1.54) is 0 Å². The van der Waals surface area contributed by atoms with Crippen LogP contribution in [0, 0.1) is 15.3 Å². The summed E-state index contributed by atoms with van der Waals surface area (Å²) in [5.41, 5.74) is 0. The monoisotopic (exact) mass is 225 g/mol. The van der Waals surface area contributed by atoms with Gasteiger partial charge in [0.15, 0.2) is 0 Å². The third-order valence-electron chi connectivity index (χ3n) is 0. The van der Waals surface area contributed by atoms with Gasteiger partial charge in [0.25, 0.3) is 0 Å². The minimum absolute atomic E-state index is 0. The molecule has 1 N–H and O–H groups in total. The van der Waals surface area contributed by atoms with Gasteiger partial charge in [0.2, 0.25) is 0 Å². The van der Waals surface area contributed by atoms with Crippen molar-refractivity contribution in [3.63, 3.8) is 0 Å². The van der Waals surface area contributed by atoms with Gasteiger partial charge in [-0.2, -0.15) is 0 Å². The average molecular weight is 226 g/mol. The van der Waals surface area contributed by atoms with Crippen molar-refractivity contribution in [2.45, 2.75) is 0 Å². The van der Waals surface area contributed by atoms with Crippen LogP contribution in [0.1, 0.15) is 0 Å². The first kappa shape index (κ1) is 23.6. The van der Waals surface area contributed by atoms with Crippen molar-refractivity contribution in [1.29, 1.82) is 0 Å². The van der Waals surface area contributed by atoms with Crippen molar-refractivity contribution in [2.75, 3.05) is 0 Å². The summed E-state index contributed by atoms with van der Waals surface area (Å²) in [5.74, 6) is 0. The van der Waals surface area contributed by atoms with E-state index in [9.17, 15) is 0 Å². The number of nitrogens with zero attached hydrogens (tertiary/aromatic N) is 1. The molecule has 0 atom stereocenters. The molecule has 7 heteroatoms. The van der Waals surface area contributed by atoms with Gasteiger partial charge in [-0.3, -0.25) is 0 Å². The standard InChI is InChI=1S/Ag.K.NO3.H2O/c;;2-1(3)4;/h;;;1H2/q2*+1;-1;/p-1. The quantitative estimate of drug-likeness (QED) is 0.244. The number of hydrogen-bond acceptors (Lipinski definition) is 4. The molecule has 0 radical (unpaired) electrons. The van der Waals surface area contributed by atoms with Crippen LogP contribution in [-0.4, -0.2) is 10.6 Å². The van der Waals surface area contributed by atoms with Crippen molar-refractivity contribution in [3.05, 3.63) is 15.3 Å². The molecule has 0 saturated heterocycles. The van der Waals surface area contributed by atoms with Crippen molar-refractivity contribution in [2.24, 2.45) is 0 Å². The minimum Gasteiger partial charge on any atom is -0.870 e. The Hall–Kier alpha value is 1.54. The van der Waals surface area contributed by atoms with E-state index in [1.807, 2.05) is 0 Å². The predicted octanol–water partition coefficient (Wildman–Crippen LogP) is -3.41. The van der Waals surface area contributed by atoms with Crippen LogP contribution in [0.3, 0.4) is 0 Å². The average Bonchev–Trinajstić information content (AvgIpc) is 0.811. The summed E-state index contributed by atoms with van der Waals surface area (Å²) in [6.45, 7) is 0. The maximum atomic E-state index is 8.25. The van der Waals surface area contributed by atoms with E-state index in [0.717, 1.165) is 0 Å². The molecule has 0 rings (SSSR count). The van der Waals surface area contributed by atoms with Crippen LogP contribution in [0.5, 0.6) is 0 Å². The molecular formula is HAgKNO4. The van der Waals surface area contributed by atoms with E-state index >= 15 is 0 Å². The Labute approximate surface area is 97.8 Å². The molecule has 0 spiro atoms. The summed E-state index contributed by atoms with van der Waals surface area (Å²) in [6.07, 6.45) is 0. The van der Waals surface area contributed by atoms with Crippen molar-refractivity contribution < 1.29 is 84.3 Å². The first-order valence-electron chi connectivity index (χ1n) is 0.548. The summed E-state index contributed by atoms with van der Waals surface area (Å²) in [4.78, 5) is 8.25. The van der Waals surface area contributed by atoms with Crippen LogP contribution >= 0.6 is 0 Å². The van der Waals surface area contributed by atoms with E-state index in [2.05, 4.69) is 0 Å². The van der Waals surface area contributed by atoms with Crippen LogP contribution in [0.25, 0.3) is 0 Å². The largest absolute Gasteiger partial charge is 1.00 e. The van der Waals surface area contributed by atoms with Gasteiger partial charge in [0.05, 0.1) is 5.09 Å². The van der Waals surface area contributed by atoms with Gasteiger partial charge in [-0.25, -0.2) is 0 Å². The SMILES string of the molecule is O=[N+]([O-])[O-].[Ag+].[K+].[OH-]. The molecule has 0 heterocycles. The minimum atomic E-state index is -1.75. The first-order valence-corrected chi connectivity index (χ1v) is 0.548. The summed E-state index contributed by atoms with van der Waals surface area (Å²) >= 11 is 0. The van der Waals surface area contributed by atoms with Gasteiger partial charge >= 0.3 is 73.8 Å². The fourth-order valence-electron chi connectivity index (χ4n) is 0. The van der Waals surface area contributed by atoms with Gasteiger partial charge in [0.1, 0.15) is 0 Å². The van der Waals surface area contributed by atoms with Crippen LogP contribution < -0.4 is 51.4 Å². The molecule has 0 unspecified atom stereocenters. The molecule has 0 aromatic rings. The Morgan fingerprint density at radius 1 is 1.29 bits per heavy atom. The second-order valence-corrected chi connectivity index (χ2v) is 0.224. The van der Waals surface area contributed by atoms with E-state index < -0.39 is 5.09 Å². The molecule has 5 nitrogen and oxygen atoms in total. The van der Waals surface area contributed by atoms with Crippen molar-refractivity contribution >= 4 is 0 Å². The molecule has 0 aliphatic carbocycles. The zero-order valence-electron chi connectivity index (χ0n) is 3.42. The van der Waals surface area contributed by atoms with Crippen molar-refractivity contribution in [3.8, 4) is 0 Å². The normalized spacial score (nSPS) is 3.43. The van der Waals surface area contributed by atoms with Crippen LogP contribution in [-0.2, 0) is 22.4 Å². The second kappa shape index (κ2) is 15.6. The Balaban J connectivity index is -0.0000000150. The van der Waals surface area contributed by atoms with Crippen LogP contribution in [0.4, 0.5) is 0 Å². The summed E-state index contributed by atoms with van der Waals surface area (Å²) in [6, 6.07) is 0. The molecule has 7 heavy (non-hydrogen) atoms. The molecule has 0 aliphatic rings. The van der Waals surface area contributed by atoms with E-state index in [-0.39, 0.29) is 79.2 Å². The third-order valence-corrected chi connectivity index (χ3v) is 0. The number of hydrogen-bond donors (Lipinski definition) is 0. The van der Waals surface area contributed by atoms with E-state index in [1.54, 1.807) is 0 Å². The van der Waals surface area contributed by atoms with Gasteiger partial charge < -0.3 is 20.8 Å². The summed E-state index contributed by atoms with van der Waals surface area (Å²) < 4.78 is 0. The zero-order valence-corrected chi connectivity index (χ0v) is 8.03. The second-order valence-electron chi connectivity index (χ2n) is 0.224. The fourth-order valence-corrected chi connectivity index (χ4v) is 0. The van der Waals surface area contributed by atoms with Gasteiger partial charge in [-0.15, -0.1) is 0 Å². The molecular weight excluding hydrogens is 225 g/mol. The third kappa shape index (κ3) is 97.8. The zero-order chi connectivity index (χ0) is 3.58.